The van der Waals surface area contributed by atoms with Gasteiger partial charge in [-0.3, -0.25) is 19.2 Å². The Labute approximate surface area is 559 Å². The molecular formula is C75H111N3O16. The summed E-state index contributed by atoms with van der Waals surface area (Å²) in [6.07, 6.45) is 6.86. The zero-order valence-corrected chi connectivity index (χ0v) is 57.7. The average molecular weight is 1310 g/mol. The van der Waals surface area contributed by atoms with E-state index in [2.05, 4.69) is 72.9 Å². The van der Waals surface area contributed by atoms with Crippen LogP contribution in [-0.2, 0) is 61.8 Å². The van der Waals surface area contributed by atoms with Crippen LogP contribution in [0.3, 0.4) is 0 Å². The molecule has 3 aromatic rings. The van der Waals surface area contributed by atoms with Gasteiger partial charge in [0.1, 0.15) is 25.6 Å². The van der Waals surface area contributed by atoms with Crippen molar-refractivity contribution in [1.82, 2.24) is 15.5 Å². The molecule has 3 aromatic carbocycles. The van der Waals surface area contributed by atoms with Gasteiger partial charge in [0.15, 0.2) is 18.9 Å². The summed E-state index contributed by atoms with van der Waals surface area (Å²) in [6.45, 7) is 22.6. The monoisotopic (exact) mass is 1310 g/mol. The van der Waals surface area contributed by atoms with Crippen LogP contribution in [0.5, 0.6) is 0 Å². The van der Waals surface area contributed by atoms with Gasteiger partial charge in [-0.05, 0) is 136 Å². The van der Waals surface area contributed by atoms with Crippen molar-refractivity contribution in [2.75, 3.05) is 65.8 Å². The largest absolute Gasteiger partial charge is 0.459 e. The van der Waals surface area contributed by atoms with E-state index >= 15 is 0 Å². The van der Waals surface area contributed by atoms with E-state index < -0.39 is 18.9 Å². The molecule has 15 atom stereocenters. The highest BCUT2D eigenvalue weighted by atomic mass is 16.7. The fraction of sp³-hybridized carbons (Fsp3) is 0.667. The molecule has 2 N–H and O–H groups in total. The van der Waals surface area contributed by atoms with E-state index in [1.165, 1.54) is 0 Å². The molecule has 3 aliphatic rings. The third-order valence-electron chi connectivity index (χ3n) is 20.0. The number of unbranched alkanes of at least 4 members (excludes halogenated alkanes) is 5. The summed E-state index contributed by atoms with van der Waals surface area (Å²) in [4.78, 5) is 92.3. The van der Waals surface area contributed by atoms with Gasteiger partial charge in [0.05, 0.1) is 35.0 Å². The molecule has 0 spiro atoms. The minimum atomic E-state index is -0.455. The van der Waals surface area contributed by atoms with Crippen LogP contribution in [0.1, 0.15) is 196 Å². The van der Waals surface area contributed by atoms with E-state index in [0.29, 0.717) is 159 Å². The molecule has 3 fully saturated rings. The second-order valence-corrected chi connectivity index (χ2v) is 26.6. The van der Waals surface area contributed by atoms with Gasteiger partial charge in [-0.15, -0.1) is 0 Å². The fourth-order valence-electron chi connectivity index (χ4n) is 12.4. The van der Waals surface area contributed by atoms with E-state index in [1.807, 2.05) is 23.1 Å². The second kappa shape index (κ2) is 41.8. The van der Waals surface area contributed by atoms with Gasteiger partial charge in [-0.1, -0.05) is 123 Å². The van der Waals surface area contributed by atoms with Crippen molar-refractivity contribution in [3.63, 3.8) is 0 Å². The minimum Gasteiger partial charge on any atom is -0.459 e. The number of carbonyl (C=O) groups excluding carboxylic acids is 7. The predicted molar refractivity (Wildman–Crippen MR) is 358 cm³/mol. The van der Waals surface area contributed by atoms with Gasteiger partial charge in [-0.25, -0.2) is 14.4 Å². The molecule has 94 heavy (non-hydrogen) atoms. The normalized spacial score (nSPS) is 25.9. The molecule has 3 saturated heterocycles. The quantitative estimate of drug-likeness (QED) is 0.0306. The number of nitrogens with one attached hydrogen (secondary N) is 2. The van der Waals surface area contributed by atoms with Crippen LogP contribution in [0.25, 0.3) is 0 Å². The molecule has 3 heterocycles. The lowest BCUT2D eigenvalue weighted by atomic mass is 9.79. The van der Waals surface area contributed by atoms with Crippen molar-refractivity contribution < 1.29 is 76.2 Å². The molecule has 0 saturated carbocycles. The number of carbonyl (C=O) groups is 7. The Hall–Kier alpha value is -6.09. The number of ether oxygens (including phenoxy) is 9. The van der Waals surface area contributed by atoms with Gasteiger partial charge in [-0.2, -0.15) is 0 Å². The van der Waals surface area contributed by atoms with Crippen molar-refractivity contribution in [1.29, 1.82) is 0 Å². The molecule has 0 aliphatic carbocycles. The van der Waals surface area contributed by atoms with Crippen LogP contribution in [0, 0.1) is 53.3 Å². The molecule has 0 radical (unpaired) electrons. The number of nitrogens with zero attached hydrogens (tertiary/aromatic N) is 1. The number of esters is 3. The number of ketones is 1. The molecule has 3 amide bonds. The highest BCUT2D eigenvalue weighted by Gasteiger charge is 2.43. The topological polar surface area (TPSA) is 230 Å². The number of Topliss-reactive ketones (excluding diaryl/α,β-unsaturated/α-hetero) is 1. The average Bonchev–Trinajstić information content (AvgIpc) is 0.866. The molecule has 6 rings (SSSR count). The highest BCUT2D eigenvalue weighted by molar-refractivity contribution is 5.90. The van der Waals surface area contributed by atoms with Crippen molar-refractivity contribution in [3.8, 4) is 0 Å². The van der Waals surface area contributed by atoms with Crippen molar-refractivity contribution >= 4 is 41.4 Å². The van der Waals surface area contributed by atoms with Crippen LogP contribution >= 0.6 is 0 Å². The lowest BCUT2D eigenvalue weighted by molar-refractivity contribution is -0.254. The van der Waals surface area contributed by atoms with Crippen molar-refractivity contribution in [2.45, 2.75) is 202 Å². The molecule has 15 unspecified atom stereocenters. The van der Waals surface area contributed by atoms with Gasteiger partial charge in [0.25, 0.3) is 0 Å². The van der Waals surface area contributed by atoms with Crippen LogP contribution in [0.2, 0.25) is 0 Å². The first kappa shape index (κ1) is 76.9. The highest BCUT2D eigenvalue weighted by Crippen LogP contribution is 2.38. The molecule has 0 bridgehead atoms. The zero-order valence-electron chi connectivity index (χ0n) is 57.7. The lowest BCUT2D eigenvalue weighted by Gasteiger charge is -2.43. The van der Waals surface area contributed by atoms with Gasteiger partial charge in [0, 0.05) is 95.9 Å². The first-order valence-electron chi connectivity index (χ1n) is 35.1. The molecule has 19 nitrogen and oxygen atoms in total. The SMILES string of the molecule is CC1C(COC(=O)c2ccccc2)OC(OCCCCC(=O)CCCCCC(=O)N(CCCNC(=O)CCCCOC2OC(COC(=O)c3ccccc3)C(C)C(C)C2C)CCCNC(=O)CCCCOC2OC(COC(=O)c3ccccc3)C(C)C(C)C2C)C(C)C1C. The third-order valence-corrected chi connectivity index (χ3v) is 20.0. The maximum Gasteiger partial charge on any atom is 0.338 e. The maximum absolute atomic E-state index is 13.8. The van der Waals surface area contributed by atoms with Crippen LogP contribution in [0.15, 0.2) is 91.0 Å². The number of benzene rings is 3. The zero-order chi connectivity index (χ0) is 67.8. The molecule has 522 valence electrons. The summed E-state index contributed by atoms with van der Waals surface area (Å²) in [7, 11) is 0. The number of rotatable bonds is 41. The number of hydrogen-bond donors (Lipinski definition) is 2. The first-order valence-corrected chi connectivity index (χ1v) is 35.1. The Morgan fingerprint density at radius 1 is 0.362 bits per heavy atom. The Kier molecular flexibility index (Phi) is 34.2. The standard InChI is InChI=1S/C75H111N3O16/c1-51-54(4)64(48-89-70(83)60-30-14-10-15-31-60)92-73(57(51)7)86-45-25-22-37-63(79)36-20-13-21-40-69(82)78(43-28-41-76-67(80)38-23-26-46-87-74-58(8)52(2)55(5)65(93-74)49-90-71(84)61-32-16-11-17-33-61)44-29-42-77-68(81)39-24-27-47-88-75-59(9)53(3)56(6)66(94-75)50-91-72(85)62-34-18-12-19-35-62/h10-12,14-19,30-35,51-59,64-66,73-75H,13,20-29,36-50H2,1-9H3,(H,76,80)(H,77,81). The maximum atomic E-state index is 13.8. The van der Waals surface area contributed by atoms with Gasteiger partial charge < -0.3 is 58.2 Å². The Morgan fingerprint density at radius 2 is 0.670 bits per heavy atom. The van der Waals surface area contributed by atoms with E-state index in [0.717, 1.165) is 6.42 Å². The van der Waals surface area contributed by atoms with Crippen LogP contribution in [-0.4, -0.2) is 149 Å². The van der Waals surface area contributed by atoms with E-state index in [4.69, 9.17) is 42.6 Å². The van der Waals surface area contributed by atoms with Crippen molar-refractivity contribution in [2.24, 2.45) is 53.3 Å². The predicted octanol–water partition coefficient (Wildman–Crippen LogP) is 12.4. The Morgan fingerprint density at radius 3 is 1.01 bits per heavy atom. The third kappa shape index (κ3) is 25.8. The summed E-state index contributed by atoms with van der Waals surface area (Å²) >= 11 is 0. The second-order valence-electron chi connectivity index (χ2n) is 26.6. The van der Waals surface area contributed by atoms with E-state index in [-0.39, 0.29) is 133 Å². The molecular weight excluding hydrogens is 1200 g/mol. The van der Waals surface area contributed by atoms with Crippen molar-refractivity contribution in [3.05, 3.63) is 108 Å². The van der Waals surface area contributed by atoms with E-state index in [9.17, 15) is 33.6 Å². The fourth-order valence-corrected chi connectivity index (χ4v) is 12.4. The Bertz CT molecular complexity index is 2600. The summed E-state index contributed by atoms with van der Waals surface area (Å²) in [6, 6.07) is 26.7. The number of amides is 3. The molecule has 3 aliphatic heterocycles. The summed E-state index contributed by atoms with van der Waals surface area (Å²) in [5, 5.41) is 6.04. The van der Waals surface area contributed by atoms with Gasteiger partial charge >= 0.3 is 17.9 Å². The van der Waals surface area contributed by atoms with E-state index in [1.54, 1.807) is 72.8 Å². The van der Waals surface area contributed by atoms with Crippen LogP contribution < -0.4 is 10.6 Å². The molecule has 0 aromatic heterocycles. The summed E-state index contributed by atoms with van der Waals surface area (Å²) in [5.74, 6) is 0.637. The minimum absolute atomic E-state index is 0.00267. The summed E-state index contributed by atoms with van der Waals surface area (Å²) < 4.78 is 54.5. The lowest BCUT2D eigenvalue weighted by Crippen LogP contribution is -2.48. The smallest absolute Gasteiger partial charge is 0.338 e. The number of hydrogen-bond acceptors (Lipinski definition) is 16. The first-order chi connectivity index (χ1) is 45.3. The Balaban J connectivity index is 0.865. The summed E-state index contributed by atoms with van der Waals surface area (Å²) in [5.41, 5.74) is 1.49. The molecule has 19 heteroatoms. The van der Waals surface area contributed by atoms with Gasteiger partial charge in [0.2, 0.25) is 17.7 Å². The van der Waals surface area contributed by atoms with Crippen LogP contribution in [0.4, 0.5) is 0 Å².